The van der Waals surface area contributed by atoms with Crippen LogP contribution in [0.3, 0.4) is 0 Å². The highest BCUT2D eigenvalue weighted by atomic mass is 35.5. The lowest BCUT2D eigenvalue weighted by molar-refractivity contribution is -0.142. The summed E-state index contributed by atoms with van der Waals surface area (Å²) < 4.78 is 18.2. The number of carbonyl (C=O) groups excluding carboxylic acids is 2. The van der Waals surface area contributed by atoms with Crippen molar-refractivity contribution in [1.82, 2.24) is 10.6 Å². The Morgan fingerprint density at radius 2 is 1.63 bits per heavy atom. The van der Waals surface area contributed by atoms with Gasteiger partial charge in [0.2, 0.25) is 11.8 Å². The maximum Gasteiger partial charge on any atom is 0.326 e. The molecule has 0 saturated heterocycles. The molecule has 30 heavy (non-hydrogen) atoms. The summed E-state index contributed by atoms with van der Waals surface area (Å²) in [6.07, 6.45) is 0.0561. The average Bonchev–Trinajstić information content (AvgIpc) is 2.68. The van der Waals surface area contributed by atoms with Gasteiger partial charge >= 0.3 is 5.97 Å². The van der Waals surface area contributed by atoms with Crippen LogP contribution in [-0.4, -0.2) is 42.1 Å². The minimum Gasteiger partial charge on any atom is -0.495 e. The Morgan fingerprint density at radius 3 is 2.17 bits per heavy atom. The van der Waals surface area contributed by atoms with E-state index < -0.39 is 35.7 Å². The molecule has 2 amide bonds. The SMILES string of the molecule is COc1ccc(C[C@H](NC(=O)[C@H](Cc2ccc(F)cc2)NC(C)=O)C(=O)O)cc1Cl. The first-order valence-corrected chi connectivity index (χ1v) is 9.44. The maximum absolute atomic E-state index is 13.1. The number of aliphatic carboxylic acids is 1. The van der Waals surface area contributed by atoms with Gasteiger partial charge in [-0.25, -0.2) is 9.18 Å². The Kier molecular flexibility index (Phi) is 8.17. The number of halogens is 2. The zero-order chi connectivity index (χ0) is 22.3. The quantitative estimate of drug-likeness (QED) is 0.559. The average molecular weight is 437 g/mol. The van der Waals surface area contributed by atoms with Gasteiger partial charge in [-0.1, -0.05) is 29.8 Å². The number of hydrogen-bond acceptors (Lipinski definition) is 4. The number of hydrogen-bond donors (Lipinski definition) is 3. The number of carboxylic acids is 1. The fourth-order valence-electron chi connectivity index (χ4n) is 2.86. The van der Waals surface area contributed by atoms with Crippen LogP contribution in [0, 0.1) is 5.82 Å². The molecule has 0 bridgehead atoms. The van der Waals surface area contributed by atoms with Gasteiger partial charge in [0.1, 0.15) is 23.7 Å². The van der Waals surface area contributed by atoms with Gasteiger partial charge in [0.05, 0.1) is 12.1 Å². The summed E-state index contributed by atoms with van der Waals surface area (Å²) in [4.78, 5) is 35.9. The molecule has 0 spiro atoms. The molecule has 3 N–H and O–H groups in total. The van der Waals surface area contributed by atoms with Crippen LogP contribution in [0.15, 0.2) is 42.5 Å². The third kappa shape index (κ3) is 6.73. The molecule has 0 aliphatic rings. The van der Waals surface area contributed by atoms with E-state index in [1.807, 2.05) is 0 Å². The van der Waals surface area contributed by atoms with Gasteiger partial charge in [-0.15, -0.1) is 0 Å². The Hall–Kier alpha value is -3.13. The van der Waals surface area contributed by atoms with E-state index in [0.717, 1.165) is 0 Å². The molecule has 0 aliphatic heterocycles. The van der Waals surface area contributed by atoms with Crippen molar-refractivity contribution in [2.75, 3.05) is 7.11 Å². The van der Waals surface area contributed by atoms with E-state index in [0.29, 0.717) is 21.9 Å². The van der Waals surface area contributed by atoms with Crippen LogP contribution in [0.4, 0.5) is 4.39 Å². The first-order chi connectivity index (χ1) is 14.2. The molecule has 0 unspecified atom stereocenters. The van der Waals surface area contributed by atoms with Crippen molar-refractivity contribution in [1.29, 1.82) is 0 Å². The minimum atomic E-state index is -1.24. The topological polar surface area (TPSA) is 105 Å². The summed E-state index contributed by atoms with van der Waals surface area (Å²) in [6.45, 7) is 1.25. The van der Waals surface area contributed by atoms with Crippen LogP contribution in [-0.2, 0) is 27.2 Å². The molecular weight excluding hydrogens is 415 g/mol. The summed E-state index contributed by atoms with van der Waals surface area (Å²) in [5.74, 6) is -2.34. The number of methoxy groups -OCH3 is 1. The van der Waals surface area contributed by atoms with Gasteiger partial charge in [-0.3, -0.25) is 9.59 Å². The van der Waals surface area contributed by atoms with Crippen LogP contribution in [0.2, 0.25) is 5.02 Å². The van der Waals surface area contributed by atoms with E-state index in [1.165, 1.54) is 38.3 Å². The predicted molar refractivity (Wildman–Crippen MR) is 109 cm³/mol. The van der Waals surface area contributed by atoms with Crippen molar-refractivity contribution in [3.8, 4) is 5.75 Å². The van der Waals surface area contributed by atoms with Crippen LogP contribution < -0.4 is 15.4 Å². The Balaban J connectivity index is 2.14. The van der Waals surface area contributed by atoms with Crippen molar-refractivity contribution in [2.24, 2.45) is 0 Å². The number of nitrogens with one attached hydrogen (secondary N) is 2. The molecule has 0 aromatic heterocycles. The molecule has 0 heterocycles. The summed E-state index contributed by atoms with van der Waals surface area (Å²) >= 11 is 6.07. The zero-order valence-corrected chi connectivity index (χ0v) is 17.2. The van der Waals surface area contributed by atoms with E-state index in [9.17, 15) is 23.9 Å². The number of ether oxygens (including phenoxy) is 1. The van der Waals surface area contributed by atoms with Crippen molar-refractivity contribution < 1.29 is 28.6 Å². The van der Waals surface area contributed by atoms with E-state index in [1.54, 1.807) is 18.2 Å². The Bertz CT molecular complexity index is 920. The number of carbonyl (C=O) groups is 3. The second-order valence-corrected chi connectivity index (χ2v) is 7.06. The van der Waals surface area contributed by atoms with E-state index >= 15 is 0 Å². The molecule has 2 rings (SSSR count). The van der Waals surface area contributed by atoms with Gasteiger partial charge in [-0.05, 0) is 35.4 Å². The second kappa shape index (κ2) is 10.6. The minimum absolute atomic E-state index is 0.0197. The molecule has 0 saturated carbocycles. The lowest BCUT2D eigenvalue weighted by Crippen LogP contribution is -2.52. The number of rotatable bonds is 9. The molecule has 2 atom stereocenters. The first kappa shape index (κ1) is 23.2. The highest BCUT2D eigenvalue weighted by Gasteiger charge is 2.26. The third-order valence-corrected chi connectivity index (χ3v) is 4.61. The monoisotopic (exact) mass is 436 g/mol. The number of benzene rings is 2. The summed E-state index contributed by atoms with van der Waals surface area (Å²) in [7, 11) is 1.46. The highest BCUT2D eigenvalue weighted by molar-refractivity contribution is 6.32. The van der Waals surface area contributed by atoms with E-state index in [2.05, 4.69) is 10.6 Å². The van der Waals surface area contributed by atoms with Crippen molar-refractivity contribution in [3.05, 3.63) is 64.4 Å². The Morgan fingerprint density at radius 1 is 1.03 bits per heavy atom. The molecular formula is C21H22ClFN2O5. The second-order valence-electron chi connectivity index (χ2n) is 6.66. The lowest BCUT2D eigenvalue weighted by atomic mass is 10.0. The van der Waals surface area contributed by atoms with Gasteiger partial charge in [0, 0.05) is 19.8 Å². The van der Waals surface area contributed by atoms with Crippen molar-refractivity contribution in [2.45, 2.75) is 31.8 Å². The fourth-order valence-corrected chi connectivity index (χ4v) is 3.14. The molecule has 2 aromatic carbocycles. The first-order valence-electron chi connectivity index (χ1n) is 9.06. The van der Waals surface area contributed by atoms with Crippen molar-refractivity contribution >= 4 is 29.4 Å². The predicted octanol–water partition coefficient (Wildman–Crippen LogP) is 2.35. The van der Waals surface area contributed by atoms with Gasteiger partial charge < -0.3 is 20.5 Å². The number of amides is 2. The lowest BCUT2D eigenvalue weighted by Gasteiger charge is -2.21. The molecule has 0 fully saturated rings. The highest BCUT2D eigenvalue weighted by Crippen LogP contribution is 2.25. The summed E-state index contributed by atoms with van der Waals surface area (Å²) in [5.41, 5.74) is 1.20. The zero-order valence-electron chi connectivity index (χ0n) is 16.4. The molecule has 9 heteroatoms. The third-order valence-electron chi connectivity index (χ3n) is 4.32. The molecule has 0 radical (unpaired) electrons. The molecule has 160 valence electrons. The Labute approximate surface area is 178 Å². The number of carboxylic acid groups (broad SMARTS) is 1. The largest absolute Gasteiger partial charge is 0.495 e. The molecule has 2 aromatic rings. The van der Waals surface area contributed by atoms with Gasteiger partial charge in [-0.2, -0.15) is 0 Å². The van der Waals surface area contributed by atoms with E-state index in [4.69, 9.17) is 16.3 Å². The van der Waals surface area contributed by atoms with Crippen LogP contribution in [0.1, 0.15) is 18.1 Å². The van der Waals surface area contributed by atoms with E-state index in [-0.39, 0.29) is 12.8 Å². The van der Waals surface area contributed by atoms with Crippen LogP contribution in [0.5, 0.6) is 5.75 Å². The molecule has 0 aliphatic carbocycles. The summed E-state index contributed by atoms with van der Waals surface area (Å²) in [5, 5.41) is 14.8. The van der Waals surface area contributed by atoms with Crippen molar-refractivity contribution in [3.63, 3.8) is 0 Å². The van der Waals surface area contributed by atoms with Crippen LogP contribution in [0.25, 0.3) is 0 Å². The van der Waals surface area contributed by atoms with Gasteiger partial charge in [0.25, 0.3) is 0 Å². The fraction of sp³-hybridized carbons (Fsp3) is 0.286. The smallest absolute Gasteiger partial charge is 0.326 e. The van der Waals surface area contributed by atoms with Crippen LogP contribution >= 0.6 is 11.6 Å². The van der Waals surface area contributed by atoms with Gasteiger partial charge in [0.15, 0.2) is 0 Å². The summed E-state index contributed by atoms with van der Waals surface area (Å²) in [6, 6.07) is 8.02. The normalized spacial score (nSPS) is 12.5. The molecule has 7 nitrogen and oxygen atoms in total. The maximum atomic E-state index is 13.1. The standard InChI is InChI=1S/C21H22ClFN2O5/c1-12(26)24-17(10-13-3-6-15(23)7-4-13)20(27)25-18(21(28)29)11-14-5-8-19(30-2)16(22)9-14/h3-9,17-18H,10-11H2,1-2H3,(H,24,26)(H,25,27)(H,28,29)/t17-,18-/m0/s1.